The lowest BCUT2D eigenvalue weighted by Gasteiger charge is -2.43. The van der Waals surface area contributed by atoms with Crippen molar-refractivity contribution in [1.29, 1.82) is 0 Å². The van der Waals surface area contributed by atoms with Crippen LogP contribution in [0.5, 0.6) is 0 Å². The van der Waals surface area contributed by atoms with E-state index in [1.165, 1.54) is 24.0 Å². The van der Waals surface area contributed by atoms with Crippen LogP contribution in [0.2, 0.25) is 5.02 Å². The fourth-order valence-electron chi connectivity index (χ4n) is 3.80. The summed E-state index contributed by atoms with van der Waals surface area (Å²) < 4.78 is 2.07. The molecule has 1 heterocycles. The molecule has 1 aliphatic rings. The summed E-state index contributed by atoms with van der Waals surface area (Å²) in [5.41, 5.74) is 6.02. The first-order valence-electron chi connectivity index (χ1n) is 8.35. The summed E-state index contributed by atoms with van der Waals surface area (Å²) in [5, 5.41) is 0.729. The molecule has 2 aromatic carbocycles. The summed E-state index contributed by atoms with van der Waals surface area (Å²) in [6.45, 7) is 9.00. The van der Waals surface area contributed by atoms with Gasteiger partial charge in [-0.3, -0.25) is 4.57 Å². The van der Waals surface area contributed by atoms with Crippen molar-refractivity contribution in [2.75, 3.05) is 0 Å². The van der Waals surface area contributed by atoms with Crippen LogP contribution in [0.1, 0.15) is 32.3 Å². The van der Waals surface area contributed by atoms with Gasteiger partial charge in [0.2, 0.25) is 0 Å². The molecule has 24 heavy (non-hydrogen) atoms. The van der Waals surface area contributed by atoms with Crippen LogP contribution in [-0.4, -0.2) is 9.55 Å². The predicted molar refractivity (Wildman–Crippen MR) is 102 cm³/mol. The molecule has 0 N–H and O–H groups in total. The molecule has 0 amide bonds. The molecule has 0 atom stereocenters. The van der Waals surface area contributed by atoms with Crippen LogP contribution in [0, 0.1) is 11.3 Å². The Hall–Kier alpha value is -2.06. The number of halogens is 1. The third kappa shape index (κ3) is 2.65. The van der Waals surface area contributed by atoms with E-state index in [9.17, 15) is 0 Å². The monoisotopic (exact) mass is 336 g/mol. The number of rotatable bonds is 3. The van der Waals surface area contributed by atoms with Crippen molar-refractivity contribution < 1.29 is 0 Å². The van der Waals surface area contributed by atoms with E-state index in [0.29, 0.717) is 11.3 Å². The molecule has 1 aliphatic carbocycles. The minimum absolute atomic E-state index is 0.464. The molecule has 0 saturated heterocycles. The van der Waals surface area contributed by atoms with Crippen LogP contribution in [0.25, 0.3) is 22.3 Å². The van der Waals surface area contributed by atoms with Crippen molar-refractivity contribution in [3.8, 4) is 5.69 Å². The van der Waals surface area contributed by atoms with Gasteiger partial charge in [-0.15, -0.1) is 0 Å². The summed E-state index contributed by atoms with van der Waals surface area (Å²) in [5.74, 6) is 0.604. The highest BCUT2D eigenvalue weighted by Gasteiger charge is 2.37. The van der Waals surface area contributed by atoms with Gasteiger partial charge in [-0.25, -0.2) is 4.98 Å². The van der Waals surface area contributed by atoms with Gasteiger partial charge in [0.15, 0.2) is 0 Å². The summed E-state index contributed by atoms with van der Waals surface area (Å²) >= 11 is 6.11. The zero-order chi connectivity index (χ0) is 16.9. The third-order valence-corrected chi connectivity index (χ3v) is 5.33. The number of hydrogen-bond acceptors (Lipinski definition) is 1. The Morgan fingerprint density at radius 1 is 1.21 bits per heavy atom. The average molecular weight is 337 g/mol. The Labute approximate surface area is 147 Å². The van der Waals surface area contributed by atoms with Crippen LogP contribution < -0.4 is 0 Å². The second kappa shape index (κ2) is 5.49. The molecule has 0 aliphatic heterocycles. The maximum absolute atomic E-state index is 6.11. The minimum atomic E-state index is 0.464. The number of hydrogen-bond donors (Lipinski definition) is 0. The number of benzene rings is 2. The highest BCUT2D eigenvalue weighted by atomic mass is 35.5. The fourth-order valence-corrected chi connectivity index (χ4v) is 3.99. The number of nitrogens with zero attached hydrogens (tertiary/aromatic N) is 2. The average Bonchev–Trinajstić information content (AvgIpc) is 2.95. The molecule has 2 nitrogen and oxygen atoms in total. The summed E-state index contributed by atoms with van der Waals surface area (Å²) in [4.78, 5) is 4.58. The molecular weight excluding hydrogens is 316 g/mol. The molecule has 4 rings (SSSR count). The molecule has 3 aromatic rings. The molecule has 122 valence electrons. The molecule has 0 spiro atoms. The largest absolute Gasteiger partial charge is 0.299 e. The van der Waals surface area contributed by atoms with Crippen LogP contribution >= 0.6 is 11.6 Å². The first-order valence-corrected chi connectivity index (χ1v) is 8.73. The molecule has 1 fully saturated rings. The summed E-state index contributed by atoms with van der Waals surface area (Å²) in [7, 11) is 0. The van der Waals surface area contributed by atoms with Gasteiger partial charge in [0, 0.05) is 10.7 Å². The molecule has 0 unspecified atom stereocenters. The second-order valence-electron chi connectivity index (χ2n) is 7.59. The van der Waals surface area contributed by atoms with Crippen LogP contribution in [0.15, 0.2) is 55.4 Å². The minimum Gasteiger partial charge on any atom is -0.299 e. The molecule has 1 saturated carbocycles. The van der Waals surface area contributed by atoms with E-state index in [0.717, 1.165) is 21.7 Å². The van der Waals surface area contributed by atoms with Crippen molar-refractivity contribution >= 4 is 28.2 Å². The van der Waals surface area contributed by atoms with E-state index in [1.54, 1.807) is 0 Å². The lowest BCUT2D eigenvalue weighted by Crippen LogP contribution is -2.31. The van der Waals surface area contributed by atoms with Gasteiger partial charge < -0.3 is 0 Å². The zero-order valence-corrected chi connectivity index (χ0v) is 14.8. The van der Waals surface area contributed by atoms with E-state index >= 15 is 0 Å². The molecular formula is C21H21ClN2. The van der Waals surface area contributed by atoms with Crippen molar-refractivity contribution in [2.24, 2.45) is 11.3 Å². The van der Waals surface area contributed by atoms with Gasteiger partial charge in [0.1, 0.15) is 6.33 Å². The van der Waals surface area contributed by atoms with E-state index in [2.05, 4.69) is 48.2 Å². The second-order valence-corrected chi connectivity index (χ2v) is 8.03. The van der Waals surface area contributed by atoms with E-state index < -0.39 is 0 Å². The number of allylic oxidation sites excluding steroid dienone is 1. The normalized spacial score (nSPS) is 17.0. The standard InChI is InChI=1S/C21H21ClN2/c1-14(16-11-21(2,3)12-16)15-7-8-20-19(9-15)23-13-24(20)18-6-4-5-17(22)10-18/h4-10,13,16H,1,11-12H2,2-3H3. The zero-order valence-electron chi connectivity index (χ0n) is 14.1. The Kier molecular flexibility index (Phi) is 3.54. The van der Waals surface area contributed by atoms with Gasteiger partial charge in [-0.2, -0.15) is 0 Å². The third-order valence-electron chi connectivity index (χ3n) is 5.10. The van der Waals surface area contributed by atoms with Crippen molar-refractivity contribution in [1.82, 2.24) is 9.55 Å². The van der Waals surface area contributed by atoms with Gasteiger partial charge in [0.25, 0.3) is 0 Å². The Balaban J connectivity index is 1.67. The topological polar surface area (TPSA) is 17.8 Å². The maximum Gasteiger partial charge on any atom is 0.100 e. The fraction of sp³-hybridized carbons (Fsp3) is 0.286. The summed E-state index contributed by atoms with van der Waals surface area (Å²) in [6.07, 6.45) is 4.30. The van der Waals surface area contributed by atoms with Crippen molar-refractivity contribution in [3.05, 3.63) is 66.0 Å². The van der Waals surface area contributed by atoms with Crippen LogP contribution in [-0.2, 0) is 0 Å². The lowest BCUT2D eigenvalue weighted by atomic mass is 9.61. The molecule has 0 bridgehead atoms. The highest BCUT2D eigenvalue weighted by Crippen LogP contribution is 2.50. The Bertz CT molecular complexity index is 928. The number of imidazole rings is 1. The van der Waals surface area contributed by atoms with Gasteiger partial charge in [-0.05, 0) is 65.6 Å². The maximum atomic E-state index is 6.11. The molecule has 0 radical (unpaired) electrons. The number of aromatic nitrogens is 2. The first-order chi connectivity index (χ1) is 11.4. The van der Waals surface area contributed by atoms with Gasteiger partial charge >= 0.3 is 0 Å². The number of fused-ring (bicyclic) bond motifs is 1. The quantitative estimate of drug-likeness (QED) is 0.562. The van der Waals surface area contributed by atoms with E-state index in [4.69, 9.17) is 11.6 Å². The van der Waals surface area contributed by atoms with Gasteiger partial charge in [0.05, 0.1) is 11.0 Å². The van der Waals surface area contributed by atoms with E-state index in [1.807, 2.05) is 30.6 Å². The Morgan fingerprint density at radius 3 is 2.71 bits per heavy atom. The van der Waals surface area contributed by atoms with Crippen molar-refractivity contribution in [2.45, 2.75) is 26.7 Å². The smallest absolute Gasteiger partial charge is 0.100 e. The van der Waals surface area contributed by atoms with Crippen LogP contribution in [0.4, 0.5) is 0 Å². The SMILES string of the molecule is C=C(c1ccc2c(c1)ncn2-c1cccc(Cl)c1)C1CC(C)(C)C1. The lowest BCUT2D eigenvalue weighted by molar-refractivity contribution is 0.138. The molecule has 1 aromatic heterocycles. The first kappa shape index (κ1) is 15.5. The van der Waals surface area contributed by atoms with Crippen LogP contribution in [0.3, 0.4) is 0 Å². The molecule has 3 heteroatoms. The Morgan fingerprint density at radius 2 is 2.00 bits per heavy atom. The van der Waals surface area contributed by atoms with E-state index in [-0.39, 0.29) is 0 Å². The van der Waals surface area contributed by atoms with Gasteiger partial charge in [-0.1, -0.05) is 44.2 Å². The van der Waals surface area contributed by atoms with Crippen molar-refractivity contribution in [3.63, 3.8) is 0 Å². The highest BCUT2D eigenvalue weighted by molar-refractivity contribution is 6.30. The summed E-state index contributed by atoms with van der Waals surface area (Å²) in [6, 6.07) is 14.3. The predicted octanol–water partition coefficient (Wildman–Crippen LogP) is 6.13.